The summed E-state index contributed by atoms with van der Waals surface area (Å²) in [6.07, 6.45) is 1.10. The zero-order valence-corrected chi connectivity index (χ0v) is 17.3. The van der Waals surface area contributed by atoms with Crippen LogP contribution in [0, 0.1) is 5.92 Å². The van der Waals surface area contributed by atoms with Crippen LogP contribution in [0.25, 0.3) is 11.3 Å². The van der Waals surface area contributed by atoms with E-state index in [1.807, 2.05) is 20.8 Å². The van der Waals surface area contributed by atoms with Crippen molar-refractivity contribution in [2.24, 2.45) is 11.7 Å². The number of amides is 2. The molecule has 160 valence electrons. The molecule has 30 heavy (non-hydrogen) atoms. The van der Waals surface area contributed by atoms with Crippen LogP contribution in [-0.4, -0.2) is 57.3 Å². The molecule has 0 spiro atoms. The van der Waals surface area contributed by atoms with Crippen molar-refractivity contribution in [3.05, 3.63) is 36.2 Å². The summed E-state index contributed by atoms with van der Waals surface area (Å²) < 4.78 is 11.2. The highest BCUT2D eigenvalue weighted by atomic mass is 16.6. The molecule has 1 aliphatic rings. The SMILES string of the molecule is CC(C)(C)OC(=O)N1CC(COc2nc(-c3ccc(O)cc3)cnc2CC(N)=O)C1. The number of benzene rings is 1. The predicted molar refractivity (Wildman–Crippen MR) is 109 cm³/mol. The lowest BCUT2D eigenvalue weighted by Gasteiger charge is -2.39. The number of phenolic OH excluding ortho intramolecular Hbond substituents is 1. The first-order valence-electron chi connectivity index (χ1n) is 9.65. The molecule has 2 amide bonds. The maximum absolute atomic E-state index is 12.0. The van der Waals surface area contributed by atoms with E-state index in [1.54, 1.807) is 29.2 Å². The van der Waals surface area contributed by atoms with Gasteiger partial charge in [-0.1, -0.05) is 0 Å². The number of aromatic hydroxyl groups is 1. The maximum Gasteiger partial charge on any atom is 0.410 e. The molecule has 9 heteroatoms. The van der Waals surface area contributed by atoms with E-state index in [9.17, 15) is 14.7 Å². The van der Waals surface area contributed by atoms with Crippen LogP contribution in [0.1, 0.15) is 26.5 Å². The molecule has 1 aliphatic heterocycles. The number of hydrogen-bond acceptors (Lipinski definition) is 7. The second-order valence-corrected chi connectivity index (χ2v) is 8.26. The summed E-state index contributed by atoms with van der Waals surface area (Å²) in [5.74, 6) is -0.0347. The third-order valence-corrected chi connectivity index (χ3v) is 4.38. The van der Waals surface area contributed by atoms with Gasteiger partial charge in [-0.15, -0.1) is 0 Å². The Morgan fingerprint density at radius 1 is 1.23 bits per heavy atom. The lowest BCUT2D eigenvalue weighted by Crippen LogP contribution is -2.53. The van der Waals surface area contributed by atoms with Crippen molar-refractivity contribution < 1.29 is 24.2 Å². The zero-order valence-electron chi connectivity index (χ0n) is 17.3. The van der Waals surface area contributed by atoms with Crippen molar-refractivity contribution in [2.45, 2.75) is 32.8 Å². The molecule has 0 bridgehead atoms. The Labute approximate surface area is 174 Å². The van der Waals surface area contributed by atoms with E-state index >= 15 is 0 Å². The molecule has 3 rings (SSSR count). The molecule has 0 unspecified atom stereocenters. The van der Waals surface area contributed by atoms with Crippen molar-refractivity contribution >= 4 is 12.0 Å². The van der Waals surface area contributed by atoms with Gasteiger partial charge in [-0.05, 0) is 45.0 Å². The summed E-state index contributed by atoms with van der Waals surface area (Å²) in [4.78, 5) is 33.8. The van der Waals surface area contributed by atoms with E-state index < -0.39 is 11.5 Å². The number of primary amides is 1. The monoisotopic (exact) mass is 414 g/mol. The van der Waals surface area contributed by atoms with Gasteiger partial charge < -0.3 is 25.2 Å². The Kier molecular flexibility index (Phi) is 6.09. The van der Waals surface area contributed by atoms with E-state index in [-0.39, 0.29) is 30.1 Å². The standard InChI is InChI=1S/C21H26N4O5/c1-21(2,3)30-20(28)25-10-13(11-25)12-29-19-16(8-18(22)27)23-9-17(24-19)14-4-6-15(26)7-5-14/h4-7,9,13,26H,8,10-12H2,1-3H3,(H2,22,27). The normalized spacial score (nSPS) is 14.2. The third-order valence-electron chi connectivity index (χ3n) is 4.38. The lowest BCUT2D eigenvalue weighted by molar-refractivity contribution is -0.117. The molecule has 1 aromatic carbocycles. The first-order valence-corrected chi connectivity index (χ1v) is 9.65. The molecule has 1 saturated heterocycles. The van der Waals surface area contributed by atoms with Gasteiger partial charge in [-0.3, -0.25) is 9.78 Å². The van der Waals surface area contributed by atoms with Gasteiger partial charge in [0.05, 0.1) is 24.9 Å². The van der Waals surface area contributed by atoms with Gasteiger partial charge in [0.25, 0.3) is 0 Å². The second-order valence-electron chi connectivity index (χ2n) is 8.26. The molecule has 0 saturated carbocycles. The van der Waals surface area contributed by atoms with Crippen molar-refractivity contribution in [3.8, 4) is 22.9 Å². The van der Waals surface area contributed by atoms with Gasteiger partial charge in [0.2, 0.25) is 11.8 Å². The number of hydrogen-bond donors (Lipinski definition) is 2. The van der Waals surface area contributed by atoms with Gasteiger partial charge >= 0.3 is 6.09 Å². The summed E-state index contributed by atoms with van der Waals surface area (Å²) in [7, 11) is 0. The minimum absolute atomic E-state index is 0.0904. The Hall–Kier alpha value is -3.36. The smallest absolute Gasteiger partial charge is 0.410 e. The highest BCUT2D eigenvalue weighted by Gasteiger charge is 2.34. The van der Waals surface area contributed by atoms with Crippen LogP contribution < -0.4 is 10.5 Å². The number of carbonyl (C=O) groups excluding carboxylic acids is 2. The lowest BCUT2D eigenvalue weighted by atomic mass is 10.0. The van der Waals surface area contributed by atoms with E-state index in [1.165, 1.54) is 6.20 Å². The fraction of sp³-hybridized carbons (Fsp3) is 0.429. The van der Waals surface area contributed by atoms with Gasteiger partial charge in [0, 0.05) is 24.6 Å². The first-order chi connectivity index (χ1) is 14.1. The minimum Gasteiger partial charge on any atom is -0.508 e. The summed E-state index contributed by atoms with van der Waals surface area (Å²) in [6.45, 7) is 6.83. The number of ether oxygens (including phenoxy) is 2. The van der Waals surface area contributed by atoms with Gasteiger partial charge in [-0.2, -0.15) is 0 Å². The fourth-order valence-corrected chi connectivity index (χ4v) is 2.92. The van der Waals surface area contributed by atoms with E-state index in [2.05, 4.69) is 9.97 Å². The summed E-state index contributed by atoms with van der Waals surface area (Å²) >= 11 is 0. The van der Waals surface area contributed by atoms with Crippen LogP contribution in [0.2, 0.25) is 0 Å². The van der Waals surface area contributed by atoms with Crippen molar-refractivity contribution in [3.63, 3.8) is 0 Å². The van der Waals surface area contributed by atoms with E-state index in [0.717, 1.165) is 5.56 Å². The van der Waals surface area contributed by atoms with Gasteiger partial charge in [-0.25, -0.2) is 9.78 Å². The highest BCUT2D eigenvalue weighted by Crippen LogP contribution is 2.25. The number of aromatic nitrogens is 2. The number of nitrogens with zero attached hydrogens (tertiary/aromatic N) is 3. The number of likely N-dealkylation sites (tertiary alicyclic amines) is 1. The molecule has 3 N–H and O–H groups in total. The highest BCUT2D eigenvalue weighted by molar-refractivity contribution is 5.76. The Bertz CT molecular complexity index is 918. The fourth-order valence-electron chi connectivity index (χ4n) is 2.92. The zero-order chi connectivity index (χ0) is 21.9. The van der Waals surface area contributed by atoms with Crippen LogP contribution in [0.3, 0.4) is 0 Å². The third kappa shape index (κ3) is 5.59. The predicted octanol–water partition coefficient (Wildman–Crippen LogP) is 2.12. The summed E-state index contributed by atoms with van der Waals surface area (Å²) in [5, 5.41) is 9.45. The molecular formula is C21H26N4O5. The number of phenols is 1. The van der Waals surface area contributed by atoms with Gasteiger partial charge in [0.15, 0.2) is 0 Å². The summed E-state index contributed by atoms with van der Waals surface area (Å²) in [5.41, 5.74) is 6.42. The van der Waals surface area contributed by atoms with Crippen molar-refractivity contribution in [1.29, 1.82) is 0 Å². The molecule has 2 aromatic rings. The van der Waals surface area contributed by atoms with Crippen molar-refractivity contribution in [2.75, 3.05) is 19.7 Å². The molecule has 1 fully saturated rings. The minimum atomic E-state index is -0.536. The molecule has 1 aromatic heterocycles. The second kappa shape index (κ2) is 8.56. The molecule has 0 aliphatic carbocycles. The Morgan fingerprint density at radius 2 is 1.90 bits per heavy atom. The maximum atomic E-state index is 12.0. The molecule has 0 radical (unpaired) electrons. The van der Waals surface area contributed by atoms with E-state index in [0.29, 0.717) is 31.1 Å². The first kappa shape index (κ1) is 21.4. The summed E-state index contributed by atoms with van der Waals surface area (Å²) in [6, 6.07) is 6.52. The Morgan fingerprint density at radius 3 is 2.50 bits per heavy atom. The van der Waals surface area contributed by atoms with E-state index in [4.69, 9.17) is 15.2 Å². The number of rotatable bonds is 6. The Balaban J connectivity index is 1.65. The molecular weight excluding hydrogens is 388 g/mol. The molecule has 9 nitrogen and oxygen atoms in total. The van der Waals surface area contributed by atoms with Crippen LogP contribution in [-0.2, 0) is 16.0 Å². The number of nitrogens with two attached hydrogens (primary N) is 1. The topological polar surface area (TPSA) is 128 Å². The van der Waals surface area contributed by atoms with Crippen LogP contribution in [0.4, 0.5) is 4.79 Å². The quantitative estimate of drug-likeness (QED) is 0.741. The largest absolute Gasteiger partial charge is 0.508 e. The molecule has 0 atom stereocenters. The van der Waals surface area contributed by atoms with Crippen LogP contribution >= 0.6 is 0 Å². The van der Waals surface area contributed by atoms with Gasteiger partial charge in [0.1, 0.15) is 17.0 Å². The average molecular weight is 414 g/mol. The van der Waals surface area contributed by atoms with Crippen molar-refractivity contribution in [1.82, 2.24) is 14.9 Å². The number of carbonyl (C=O) groups is 2. The van der Waals surface area contributed by atoms with Crippen LogP contribution in [0.15, 0.2) is 30.5 Å². The van der Waals surface area contributed by atoms with Crippen LogP contribution in [0.5, 0.6) is 11.6 Å². The molecule has 2 heterocycles. The average Bonchev–Trinajstić information content (AvgIpc) is 2.60.